The van der Waals surface area contributed by atoms with Crippen LogP contribution in [0.3, 0.4) is 0 Å². The number of nitrogens with one attached hydrogen (secondary N) is 1. The van der Waals surface area contributed by atoms with Crippen LogP contribution in [0.4, 0.5) is 4.79 Å². The van der Waals surface area contributed by atoms with Gasteiger partial charge in [0.1, 0.15) is 6.04 Å². The maximum absolute atomic E-state index is 12.4. The van der Waals surface area contributed by atoms with Crippen molar-refractivity contribution in [3.8, 4) is 0 Å². The van der Waals surface area contributed by atoms with E-state index in [1.807, 2.05) is 32.6 Å². The second-order valence-electron chi connectivity index (χ2n) is 5.38. The van der Waals surface area contributed by atoms with Gasteiger partial charge >= 0.3 is 6.03 Å². The van der Waals surface area contributed by atoms with E-state index in [1.165, 1.54) is 0 Å². The highest BCUT2D eigenvalue weighted by Crippen LogP contribution is 2.13. The molecule has 0 spiro atoms. The van der Waals surface area contributed by atoms with Crippen LogP contribution in [0.15, 0.2) is 0 Å². The molecule has 1 saturated heterocycles. The summed E-state index contributed by atoms with van der Waals surface area (Å²) in [7, 11) is 0. The number of carbonyl (C=O) groups is 2. The summed E-state index contributed by atoms with van der Waals surface area (Å²) in [5.74, 6) is 0.167. The fourth-order valence-corrected chi connectivity index (χ4v) is 2.38. The van der Waals surface area contributed by atoms with Gasteiger partial charge in [-0.2, -0.15) is 0 Å². The molecule has 1 heterocycles. The summed E-state index contributed by atoms with van der Waals surface area (Å²) < 4.78 is 0. The van der Waals surface area contributed by atoms with E-state index in [9.17, 15) is 9.59 Å². The van der Waals surface area contributed by atoms with Crippen LogP contribution in [0.2, 0.25) is 0 Å². The van der Waals surface area contributed by atoms with Crippen molar-refractivity contribution < 1.29 is 9.59 Å². The number of urea groups is 1. The molecule has 0 aliphatic carbocycles. The largest absolute Gasteiger partial charge is 0.341 e. The zero-order chi connectivity index (χ0) is 14.4. The fourth-order valence-electron chi connectivity index (χ4n) is 2.38. The van der Waals surface area contributed by atoms with Gasteiger partial charge in [0, 0.05) is 26.2 Å². The molecule has 1 aliphatic heterocycles. The Labute approximate surface area is 116 Å². The molecule has 1 atom stereocenters. The zero-order valence-corrected chi connectivity index (χ0v) is 12.6. The quantitative estimate of drug-likeness (QED) is 0.825. The first-order valence-electron chi connectivity index (χ1n) is 7.35. The summed E-state index contributed by atoms with van der Waals surface area (Å²) in [5.41, 5.74) is 0. The lowest BCUT2D eigenvalue weighted by Gasteiger charge is -2.29. The van der Waals surface area contributed by atoms with Crippen molar-refractivity contribution in [2.45, 2.75) is 46.6 Å². The predicted molar refractivity (Wildman–Crippen MR) is 75.9 cm³/mol. The number of hydrogen-bond donors (Lipinski definition) is 1. The Bertz CT molecular complexity index is 308. The lowest BCUT2D eigenvalue weighted by atomic mass is 10.0. The van der Waals surface area contributed by atoms with Crippen molar-refractivity contribution >= 4 is 11.9 Å². The fraction of sp³-hybridized carbons (Fsp3) is 0.857. The van der Waals surface area contributed by atoms with E-state index in [0.717, 1.165) is 25.9 Å². The molecule has 1 rings (SSSR count). The van der Waals surface area contributed by atoms with Crippen LogP contribution in [0.25, 0.3) is 0 Å². The zero-order valence-electron chi connectivity index (χ0n) is 12.6. The van der Waals surface area contributed by atoms with Gasteiger partial charge in [0.25, 0.3) is 0 Å². The third-order valence-corrected chi connectivity index (χ3v) is 3.68. The third-order valence-electron chi connectivity index (χ3n) is 3.68. The van der Waals surface area contributed by atoms with Crippen molar-refractivity contribution in [3.05, 3.63) is 0 Å². The predicted octanol–water partition coefficient (Wildman–Crippen LogP) is 1.68. The molecule has 1 aliphatic rings. The van der Waals surface area contributed by atoms with Crippen LogP contribution in [0.5, 0.6) is 0 Å². The highest BCUT2D eigenvalue weighted by Gasteiger charge is 2.30. The van der Waals surface area contributed by atoms with E-state index in [-0.39, 0.29) is 17.9 Å². The van der Waals surface area contributed by atoms with Crippen molar-refractivity contribution in [1.82, 2.24) is 15.1 Å². The molecule has 0 aromatic rings. The monoisotopic (exact) mass is 269 g/mol. The van der Waals surface area contributed by atoms with Crippen LogP contribution in [0, 0.1) is 5.92 Å². The van der Waals surface area contributed by atoms with Crippen molar-refractivity contribution in [2.75, 3.05) is 26.2 Å². The maximum atomic E-state index is 12.4. The number of likely N-dealkylation sites (tertiary alicyclic amines) is 1. The Hall–Kier alpha value is -1.26. The summed E-state index contributed by atoms with van der Waals surface area (Å²) in [4.78, 5) is 28.1. The lowest BCUT2D eigenvalue weighted by molar-refractivity contribution is -0.133. The summed E-state index contributed by atoms with van der Waals surface area (Å²) >= 11 is 0. The SMILES string of the molecule is CCN(CC)C(=O)N[C@@H](C(=O)N1CCCC1)C(C)C. The minimum absolute atomic E-state index is 0.0630. The van der Waals surface area contributed by atoms with Gasteiger partial charge in [0.2, 0.25) is 5.91 Å². The van der Waals surface area contributed by atoms with E-state index in [1.54, 1.807) is 4.90 Å². The number of carbonyl (C=O) groups excluding carboxylic acids is 2. The van der Waals surface area contributed by atoms with Gasteiger partial charge in [-0.1, -0.05) is 13.8 Å². The summed E-state index contributed by atoms with van der Waals surface area (Å²) in [6, 6.07) is -0.553. The average molecular weight is 269 g/mol. The van der Waals surface area contributed by atoms with Crippen LogP contribution in [-0.2, 0) is 4.79 Å². The van der Waals surface area contributed by atoms with E-state index < -0.39 is 6.04 Å². The molecule has 1 fully saturated rings. The minimum atomic E-state index is -0.411. The van der Waals surface area contributed by atoms with Crippen molar-refractivity contribution in [2.24, 2.45) is 5.92 Å². The summed E-state index contributed by atoms with van der Waals surface area (Å²) in [6.07, 6.45) is 2.14. The molecule has 5 heteroatoms. The number of amides is 3. The smallest absolute Gasteiger partial charge is 0.318 e. The van der Waals surface area contributed by atoms with Crippen molar-refractivity contribution in [1.29, 1.82) is 0 Å². The number of hydrogen-bond acceptors (Lipinski definition) is 2. The van der Waals surface area contributed by atoms with Crippen LogP contribution >= 0.6 is 0 Å². The Morgan fingerprint density at radius 2 is 1.68 bits per heavy atom. The topological polar surface area (TPSA) is 52.7 Å². The van der Waals surface area contributed by atoms with Gasteiger partial charge < -0.3 is 15.1 Å². The molecule has 0 radical (unpaired) electrons. The van der Waals surface area contributed by atoms with E-state index in [2.05, 4.69) is 5.32 Å². The van der Waals surface area contributed by atoms with Gasteiger partial charge in [-0.05, 0) is 32.6 Å². The number of rotatable bonds is 5. The minimum Gasteiger partial charge on any atom is -0.341 e. The second kappa shape index (κ2) is 7.36. The summed E-state index contributed by atoms with van der Waals surface area (Å²) in [5, 5.41) is 2.89. The van der Waals surface area contributed by atoms with Gasteiger partial charge in [-0.15, -0.1) is 0 Å². The molecule has 1 N–H and O–H groups in total. The van der Waals surface area contributed by atoms with Crippen LogP contribution < -0.4 is 5.32 Å². The Morgan fingerprint density at radius 1 is 1.16 bits per heavy atom. The molecule has 19 heavy (non-hydrogen) atoms. The standard InChI is InChI=1S/C14H27N3O2/c1-5-16(6-2)14(19)15-12(11(3)4)13(18)17-9-7-8-10-17/h11-12H,5-10H2,1-4H3,(H,15,19)/t12-/m1/s1. The molecule has 5 nitrogen and oxygen atoms in total. The summed E-state index contributed by atoms with van der Waals surface area (Å²) in [6.45, 7) is 10.8. The molecule has 0 unspecified atom stereocenters. The van der Waals surface area contributed by atoms with E-state index >= 15 is 0 Å². The third kappa shape index (κ3) is 4.11. The molecule has 0 aromatic heterocycles. The van der Waals surface area contributed by atoms with Gasteiger partial charge in [0.15, 0.2) is 0 Å². The molecular weight excluding hydrogens is 242 g/mol. The lowest BCUT2D eigenvalue weighted by Crippen LogP contribution is -2.53. The first-order valence-corrected chi connectivity index (χ1v) is 7.35. The van der Waals surface area contributed by atoms with E-state index in [4.69, 9.17) is 0 Å². The maximum Gasteiger partial charge on any atom is 0.318 e. The molecule has 0 aromatic carbocycles. The molecule has 0 saturated carbocycles. The molecule has 3 amide bonds. The van der Waals surface area contributed by atoms with Crippen LogP contribution in [0.1, 0.15) is 40.5 Å². The molecular formula is C14H27N3O2. The first-order chi connectivity index (χ1) is 9.01. The Balaban J connectivity index is 2.66. The Kier molecular flexibility index (Phi) is 6.12. The highest BCUT2D eigenvalue weighted by atomic mass is 16.2. The van der Waals surface area contributed by atoms with Gasteiger partial charge in [0.05, 0.1) is 0 Å². The second-order valence-corrected chi connectivity index (χ2v) is 5.38. The van der Waals surface area contributed by atoms with Crippen molar-refractivity contribution in [3.63, 3.8) is 0 Å². The first kappa shape index (κ1) is 15.8. The Morgan fingerprint density at radius 3 is 2.11 bits per heavy atom. The van der Waals surface area contributed by atoms with E-state index in [0.29, 0.717) is 13.1 Å². The molecule has 110 valence electrons. The van der Waals surface area contributed by atoms with Gasteiger partial charge in [-0.3, -0.25) is 4.79 Å². The highest BCUT2D eigenvalue weighted by molar-refractivity contribution is 5.87. The molecule has 0 bridgehead atoms. The number of nitrogens with zero attached hydrogens (tertiary/aromatic N) is 2. The normalized spacial score (nSPS) is 16.6. The van der Waals surface area contributed by atoms with Gasteiger partial charge in [-0.25, -0.2) is 4.79 Å². The average Bonchev–Trinajstić information content (AvgIpc) is 2.90. The van der Waals surface area contributed by atoms with Crippen LogP contribution in [-0.4, -0.2) is 54.0 Å².